The van der Waals surface area contributed by atoms with Crippen molar-refractivity contribution in [3.8, 4) is 5.75 Å². The number of rotatable bonds is 6. The van der Waals surface area contributed by atoms with Gasteiger partial charge in [0.05, 0.1) is 6.61 Å². The smallest absolute Gasteiger partial charge is 0.410 e. The minimum Gasteiger partial charge on any atom is -0.493 e. The molecule has 0 spiro atoms. The van der Waals surface area contributed by atoms with Crippen molar-refractivity contribution >= 4 is 17.7 Å². The fourth-order valence-corrected chi connectivity index (χ4v) is 3.02. The predicted molar refractivity (Wildman–Crippen MR) is 102 cm³/mol. The molecule has 6 heteroatoms. The Bertz CT molecular complexity index is 733. The predicted octanol–water partition coefficient (Wildman–Crippen LogP) is 3.50. The number of nitrogens with zero attached hydrogens (tertiary/aromatic N) is 1. The van der Waals surface area contributed by atoms with Gasteiger partial charge in [0.2, 0.25) is 0 Å². The van der Waals surface area contributed by atoms with Crippen LogP contribution in [0.4, 0.5) is 4.79 Å². The molecule has 0 atom stereocenters. The summed E-state index contributed by atoms with van der Waals surface area (Å²) in [7, 11) is 0. The van der Waals surface area contributed by atoms with E-state index in [1.54, 1.807) is 4.90 Å². The van der Waals surface area contributed by atoms with Gasteiger partial charge in [0.15, 0.2) is 0 Å². The number of benzene rings is 2. The number of carbonyl (C=O) groups is 1. The van der Waals surface area contributed by atoms with Gasteiger partial charge in [0.1, 0.15) is 12.4 Å². The Morgan fingerprint density at radius 2 is 1.92 bits per heavy atom. The first-order chi connectivity index (χ1) is 12.7. The van der Waals surface area contributed by atoms with Crippen LogP contribution < -0.4 is 10.1 Å². The van der Waals surface area contributed by atoms with Gasteiger partial charge in [-0.15, -0.1) is 0 Å². The second-order valence-electron chi connectivity index (χ2n) is 6.13. The summed E-state index contributed by atoms with van der Waals surface area (Å²) in [6.45, 7) is 3.76. The molecule has 0 unspecified atom stereocenters. The van der Waals surface area contributed by atoms with Gasteiger partial charge in [-0.1, -0.05) is 41.9 Å². The number of amides is 1. The highest BCUT2D eigenvalue weighted by molar-refractivity contribution is 6.31. The summed E-state index contributed by atoms with van der Waals surface area (Å²) in [6.07, 6.45) is 0.471. The van der Waals surface area contributed by atoms with E-state index in [4.69, 9.17) is 21.1 Å². The van der Waals surface area contributed by atoms with Crippen LogP contribution in [0.25, 0.3) is 0 Å². The molecule has 26 heavy (non-hydrogen) atoms. The minimum atomic E-state index is -0.267. The second-order valence-corrected chi connectivity index (χ2v) is 6.54. The van der Waals surface area contributed by atoms with Crippen LogP contribution >= 0.6 is 11.6 Å². The van der Waals surface area contributed by atoms with Crippen LogP contribution in [-0.4, -0.2) is 43.8 Å². The van der Waals surface area contributed by atoms with Crippen molar-refractivity contribution in [1.82, 2.24) is 10.2 Å². The first-order valence-electron chi connectivity index (χ1n) is 8.80. The van der Waals surface area contributed by atoms with Gasteiger partial charge in [-0.25, -0.2) is 4.79 Å². The fraction of sp³-hybridized carbons (Fsp3) is 0.350. The van der Waals surface area contributed by atoms with Crippen LogP contribution in [-0.2, 0) is 17.8 Å². The molecule has 0 saturated carbocycles. The largest absolute Gasteiger partial charge is 0.493 e. The van der Waals surface area contributed by atoms with E-state index in [2.05, 4.69) is 5.32 Å². The quantitative estimate of drug-likeness (QED) is 0.840. The van der Waals surface area contributed by atoms with E-state index in [0.29, 0.717) is 19.7 Å². The average Bonchev–Trinajstić information content (AvgIpc) is 2.69. The Labute approximate surface area is 158 Å². The molecule has 138 valence electrons. The zero-order valence-electron chi connectivity index (χ0n) is 14.6. The summed E-state index contributed by atoms with van der Waals surface area (Å²) in [5.74, 6) is 0.757. The molecule has 2 aromatic rings. The minimum absolute atomic E-state index is 0.241. The number of nitrogens with one attached hydrogen (secondary N) is 1. The molecule has 3 rings (SSSR count). The zero-order valence-corrected chi connectivity index (χ0v) is 15.4. The Morgan fingerprint density at radius 1 is 1.12 bits per heavy atom. The Kier molecular flexibility index (Phi) is 6.75. The molecule has 2 aromatic carbocycles. The molecule has 1 fully saturated rings. The maximum absolute atomic E-state index is 12.0. The Hall–Kier alpha value is -2.24. The molecule has 1 saturated heterocycles. The van der Waals surface area contributed by atoms with Crippen LogP contribution in [0, 0.1) is 0 Å². The van der Waals surface area contributed by atoms with Crippen molar-refractivity contribution < 1.29 is 14.3 Å². The monoisotopic (exact) mass is 374 g/mol. The van der Waals surface area contributed by atoms with Crippen molar-refractivity contribution in [2.75, 3.05) is 32.8 Å². The molecule has 0 aromatic heterocycles. The number of hydrogen-bond donors (Lipinski definition) is 1. The third kappa shape index (κ3) is 5.38. The van der Waals surface area contributed by atoms with Crippen molar-refractivity contribution in [3.05, 3.63) is 64.7 Å². The van der Waals surface area contributed by atoms with Gasteiger partial charge in [-0.05, 0) is 29.3 Å². The summed E-state index contributed by atoms with van der Waals surface area (Å²) >= 11 is 6.15. The molecule has 0 bridgehead atoms. The summed E-state index contributed by atoms with van der Waals surface area (Å²) in [6, 6.07) is 15.4. The van der Waals surface area contributed by atoms with Crippen LogP contribution in [0.1, 0.15) is 11.1 Å². The number of ether oxygens (including phenoxy) is 2. The highest BCUT2D eigenvalue weighted by Gasteiger charge is 2.17. The Balaban J connectivity index is 1.47. The molecular formula is C20H23ClN2O3. The topological polar surface area (TPSA) is 50.8 Å². The number of piperazine rings is 1. The third-order valence-corrected chi connectivity index (χ3v) is 4.60. The van der Waals surface area contributed by atoms with Gasteiger partial charge in [-0.2, -0.15) is 0 Å². The van der Waals surface area contributed by atoms with Gasteiger partial charge in [-0.3, -0.25) is 0 Å². The highest BCUT2D eigenvalue weighted by Crippen LogP contribution is 2.18. The zero-order chi connectivity index (χ0) is 18.2. The molecule has 1 aliphatic rings. The van der Waals surface area contributed by atoms with Crippen LogP contribution in [0.5, 0.6) is 5.75 Å². The number of halogens is 1. The first-order valence-corrected chi connectivity index (χ1v) is 9.18. The summed E-state index contributed by atoms with van der Waals surface area (Å²) in [5, 5.41) is 3.97. The van der Waals surface area contributed by atoms with Gasteiger partial charge in [0.25, 0.3) is 0 Å². The van der Waals surface area contributed by atoms with Gasteiger partial charge in [0, 0.05) is 37.6 Å². The molecular weight excluding hydrogens is 352 g/mol. The van der Waals surface area contributed by atoms with Gasteiger partial charge >= 0.3 is 6.09 Å². The SMILES string of the molecule is O=C(OCc1cccc(OCCc2ccccc2Cl)c1)N1CCNCC1. The molecule has 0 radical (unpaired) electrons. The van der Waals surface area contributed by atoms with Crippen LogP contribution in [0.2, 0.25) is 5.02 Å². The molecule has 0 aliphatic carbocycles. The normalized spacial score (nSPS) is 14.1. The van der Waals surface area contributed by atoms with Gasteiger partial charge < -0.3 is 19.7 Å². The van der Waals surface area contributed by atoms with E-state index in [-0.39, 0.29) is 12.7 Å². The van der Waals surface area contributed by atoms with Crippen molar-refractivity contribution in [2.45, 2.75) is 13.0 Å². The van der Waals surface area contributed by atoms with E-state index in [1.807, 2.05) is 48.5 Å². The maximum Gasteiger partial charge on any atom is 0.410 e. The molecule has 1 aliphatic heterocycles. The fourth-order valence-electron chi connectivity index (χ4n) is 2.79. The highest BCUT2D eigenvalue weighted by atomic mass is 35.5. The Morgan fingerprint density at radius 3 is 2.73 bits per heavy atom. The lowest BCUT2D eigenvalue weighted by atomic mass is 10.1. The average molecular weight is 375 g/mol. The van der Waals surface area contributed by atoms with Crippen molar-refractivity contribution in [1.29, 1.82) is 0 Å². The lowest BCUT2D eigenvalue weighted by Crippen LogP contribution is -2.46. The number of carbonyl (C=O) groups excluding carboxylic acids is 1. The summed E-state index contributed by atoms with van der Waals surface area (Å²) in [5.41, 5.74) is 1.97. The van der Waals surface area contributed by atoms with E-state index in [1.165, 1.54) is 0 Å². The van der Waals surface area contributed by atoms with E-state index in [9.17, 15) is 4.79 Å². The first kappa shape index (κ1) is 18.5. The summed E-state index contributed by atoms with van der Waals surface area (Å²) < 4.78 is 11.2. The van der Waals surface area contributed by atoms with E-state index < -0.39 is 0 Å². The van der Waals surface area contributed by atoms with E-state index in [0.717, 1.165) is 41.4 Å². The van der Waals surface area contributed by atoms with Crippen LogP contribution in [0.3, 0.4) is 0 Å². The maximum atomic E-state index is 12.0. The van der Waals surface area contributed by atoms with Crippen molar-refractivity contribution in [2.24, 2.45) is 0 Å². The molecule has 1 heterocycles. The van der Waals surface area contributed by atoms with Crippen LogP contribution in [0.15, 0.2) is 48.5 Å². The molecule has 1 amide bonds. The lowest BCUT2D eigenvalue weighted by Gasteiger charge is -2.26. The standard InChI is InChI=1S/C20H23ClN2O3/c21-19-7-2-1-5-17(19)8-13-25-18-6-3-4-16(14-18)15-26-20(24)23-11-9-22-10-12-23/h1-7,14,22H,8-13,15H2. The lowest BCUT2D eigenvalue weighted by molar-refractivity contribution is 0.0917. The molecule has 1 N–H and O–H groups in total. The number of hydrogen-bond acceptors (Lipinski definition) is 4. The third-order valence-electron chi connectivity index (χ3n) is 4.23. The summed E-state index contributed by atoms with van der Waals surface area (Å²) in [4.78, 5) is 13.8. The van der Waals surface area contributed by atoms with E-state index >= 15 is 0 Å². The van der Waals surface area contributed by atoms with Crippen molar-refractivity contribution in [3.63, 3.8) is 0 Å². The second kappa shape index (κ2) is 9.46. The molecule has 5 nitrogen and oxygen atoms in total.